The Balaban J connectivity index is 1.64. The minimum absolute atomic E-state index is 0.0444. The molecule has 31 heavy (non-hydrogen) atoms. The van der Waals surface area contributed by atoms with Gasteiger partial charge in [-0.2, -0.15) is 0 Å². The summed E-state index contributed by atoms with van der Waals surface area (Å²) < 4.78 is 0. The lowest BCUT2D eigenvalue weighted by atomic mass is 9.88. The Bertz CT molecular complexity index is 1170. The van der Waals surface area contributed by atoms with E-state index in [-0.39, 0.29) is 24.4 Å². The van der Waals surface area contributed by atoms with Gasteiger partial charge in [-0.3, -0.25) is 19.7 Å². The van der Waals surface area contributed by atoms with Crippen LogP contribution in [0.4, 0.5) is 11.4 Å². The van der Waals surface area contributed by atoms with Gasteiger partial charge in [-0.25, -0.2) is 0 Å². The second-order valence-corrected chi connectivity index (χ2v) is 7.66. The molecule has 7 heteroatoms. The number of carbonyl (C=O) groups excluding carboxylic acids is 2. The number of rotatable bonds is 6. The Morgan fingerprint density at radius 3 is 2.32 bits per heavy atom. The van der Waals surface area contributed by atoms with Gasteiger partial charge in [0, 0.05) is 23.3 Å². The Hall–Kier alpha value is -3.84. The Labute approximate surface area is 178 Å². The number of anilines is 1. The minimum Gasteiger partial charge on any atom is -0.375 e. The van der Waals surface area contributed by atoms with Crippen LogP contribution in [0.25, 0.3) is 0 Å². The number of carbonyl (C=O) groups is 2. The zero-order valence-corrected chi connectivity index (χ0v) is 16.8. The molecule has 0 saturated carbocycles. The Morgan fingerprint density at radius 1 is 1.03 bits per heavy atom. The van der Waals surface area contributed by atoms with E-state index in [0.717, 1.165) is 5.56 Å². The van der Waals surface area contributed by atoms with Crippen LogP contribution in [-0.4, -0.2) is 21.7 Å². The first-order chi connectivity index (χ1) is 14.8. The van der Waals surface area contributed by atoms with Gasteiger partial charge in [0.2, 0.25) is 0 Å². The number of para-hydroxylation sites is 1. The third-order valence-corrected chi connectivity index (χ3v) is 5.52. The number of ketones is 1. The van der Waals surface area contributed by atoms with E-state index < -0.39 is 16.4 Å². The van der Waals surface area contributed by atoms with Gasteiger partial charge >= 0.3 is 0 Å². The number of Topliss-reactive ketones (excluding diaryl/α,β-unsaturated/α-hetero) is 1. The number of hydrogen-bond acceptors (Lipinski definition) is 5. The summed E-state index contributed by atoms with van der Waals surface area (Å²) in [5.41, 5.74) is 0.983. The first-order valence-corrected chi connectivity index (χ1v) is 9.76. The second-order valence-electron chi connectivity index (χ2n) is 7.66. The maximum Gasteiger partial charge on any atom is 0.269 e. The molecule has 3 aromatic carbocycles. The van der Waals surface area contributed by atoms with E-state index in [4.69, 9.17) is 0 Å². The van der Waals surface area contributed by atoms with Crippen LogP contribution < -0.4 is 4.90 Å². The fourth-order valence-corrected chi connectivity index (χ4v) is 3.81. The van der Waals surface area contributed by atoms with Crippen LogP contribution in [0.2, 0.25) is 0 Å². The number of hydrogen-bond donors (Lipinski definition) is 1. The topological polar surface area (TPSA) is 101 Å². The van der Waals surface area contributed by atoms with Gasteiger partial charge in [-0.1, -0.05) is 60.2 Å². The number of benzene rings is 3. The molecular weight excluding hydrogens is 396 g/mol. The van der Waals surface area contributed by atoms with Crippen LogP contribution in [-0.2, 0) is 16.9 Å². The van der Waals surface area contributed by atoms with Crippen molar-refractivity contribution in [2.24, 2.45) is 0 Å². The molecule has 1 atom stereocenters. The lowest BCUT2D eigenvalue weighted by molar-refractivity contribution is -0.384. The molecule has 0 saturated heterocycles. The van der Waals surface area contributed by atoms with Crippen molar-refractivity contribution in [3.8, 4) is 0 Å². The van der Waals surface area contributed by atoms with E-state index in [0.29, 0.717) is 22.4 Å². The monoisotopic (exact) mass is 416 g/mol. The van der Waals surface area contributed by atoms with Crippen LogP contribution in [0, 0.1) is 17.0 Å². The largest absolute Gasteiger partial charge is 0.375 e. The molecule has 7 nitrogen and oxygen atoms in total. The summed E-state index contributed by atoms with van der Waals surface area (Å²) >= 11 is 0. The Kier molecular flexibility index (Phi) is 5.12. The van der Waals surface area contributed by atoms with Gasteiger partial charge in [0.25, 0.3) is 11.6 Å². The van der Waals surface area contributed by atoms with Crippen LogP contribution in [0.1, 0.15) is 33.5 Å². The van der Waals surface area contributed by atoms with Gasteiger partial charge in [0.05, 0.1) is 23.6 Å². The van der Waals surface area contributed by atoms with Crippen LogP contribution in [0.5, 0.6) is 0 Å². The first-order valence-electron chi connectivity index (χ1n) is 9.76. The number of fused-ring (bicyclic) bond motifs is 1. The zero-order valence-electron chi connectivity index (χ0n) is 16.8. The SMILES string of the molecule is Cc1ccc(C(=O)CC2(O)C(=O)N(Cc3ccc([N+](=O)[O-])cc3)c3ccccc32)cc1. The molecular formula is C24H20N2O5. The van der Waals surface area contributed by atoms with E-state index >= 15 is 0 Å². The van der Waals surface area contributed by atoms with Gasteiger partial charge < -0.3 is 10.0 Å². The molecule has 156 valence electrons. The van der Waals surface area contributed by atoms with Gasteiger partial charge in [0.1, 0.15) is 0 Å². The number of nitro benzene ring substituents is 1. The number of nitro groups is 1. The quantitative estimate of drug-likeness (QED) is 0.373. The highest BCUT2D eigenvalue weighted by atomic mass is 16.6. The van der Waals surface area contributed by atoms with Crippen molar-refractivity contribution in [1.29, 1.82) is 0 Å². The molecule has 0 spiro atoms. The summed E-state index contributed by atoms with van der Waals surface area (Å²) in [6.45, 7) is 2.03. The molecule has 0 aliphatic carbocycles. The maximum absolute atomic E-state index is 13.3. The minimum atomic E-state index is -1.97. The molecule has 1 unspecified atom stereocenters. The predicted octanol–water partition coefficient (Wildman–Crippen LogP) is 3.91. The predicted molar refractivity (Wildman–Crippen MR) is 115 cm³/mol. The summed E-state index contributed by atoms with van der Waals surface area (Å²) in [4.78, 5) is 37.9. The van der Waals surface area contributed by atoms with Crippen molar-refractivity contribution >= 4 is 23.1 Å². The third-order valence-electron chi connectivity index (χ3n) is 5.52. The van der Waals surface area contributed by atoms with Crippen molar-refractivity contribution < 1.29 is 19.6 Å². The summed E-state index contributed by atoms with van der Waals surface area (Å²) in [5.74, 6) is -0.921. The molecule has 3 aromatic rings. The second kappa shape index (κ2) is 7.77. The van der Waals surface area contributed by atoms with Crippen LogP contribution >= 0.6 is 0 Å². The lowest BCUT2D eigenvalue weighted by Gasteiger charge is -2.23. The highest BCUT2D eigenvalue weighted by Crippen LogP contribution is 2.43. The molecule has 0 fully saturated rings. The molecule has 0 aromatic heterocycles. The highest BCUT2D eigenvalue weighted by molar-refractivity contribution is 6.10. The molecule has 1 aliphatic heterocycles. The lowest BCUT2D eigenvalue weighted by Crippen LogP contribution is -2.41. The molecule has 0 radical (unpaired) electrons. The van der Waals surface area contributed by atoms with Crippen molar-refractivity contribution in [2.45, 2.75) is 25.5 Å². The normalized spacial score (nSPS) is 17.5. The third kappa shape index (κ3) is 3.71. The summed E-state index contributed by atoms with van der Waals surface area (Å²) in [5, 5.41) is 22.2. The number of amides is 1. The fourth-order valence-electron chi connectivity index (χ4n) is 3.81. The fraction of sp³-hybridized carbons (Fsp3) is 0.167. The molecule has 0 bridgehead atoms. The van der Waals surface area contributed by atoms with Crippen molar-refractivity contribution in [3.63, 3.8) is 0 Å². The zero-order chi connectivity index (χ0) is 22.2. The standard InChI is InChI=1S/C24H20N2O5/c1-16-6-10-18(11-7-16)22(27)14-24(29)20-4-2-3-5-21(20)25(23(24)28)15-17-8-12-19(13-9-17)26(30)31/h2-13,29H,14-15H2,1H3. The summed E-state index contributed by atoms with van der Waals surface area (Å²) in [7, 11) is 0. The van der Waals surface area contributed by atoms with Crippen LogP contribution in [0.15, 0.2) is 72.8 Å². The average Bonchev–Trinajstić information content (AvgIpc) is 2.96. The van der Waals surface area contributed by atoms with E-state index in [1.807, 2.05) is 19.1 Å². The average molecular weight is 416 g/mol. The van der Waals surface area contributed by atoms with E-state index in [1.54, 1.807) is 48.5 Å². The summed E-state index contributed by atoms with van der Waals surface area (Å²) in [6.07, 6.45) is -0.372. The molecule has 1 aliphatic rings. The molecule has 4 rings (SSSR count). The van der Waals surface area contributed by atoms with Crippen molar-refractivity contribution in [3.05, 3.63) is 105 Å². The highest BCUT2D eigenvalue weighted by Gasteiger charge is 2.50. The number of aryl methyl sites for hydroxylation is 1. The van der Waals surface area contributed by atoms with Crippen molar-refractivity contribution in [2.75, 3.05) is 4.90 Å². The number of aliphatic hydroxyl groups is 1. The smallest absolute Gasteiger partial charge is 0.269 e. The van der Waals surface area contributed by atoms with Gasteiger partial charge in [0.15, 0.2) is 11.4 Å². The molecule has 1 N–H and O–H groups in total. The Morgan fingerprint density at radius 2 is 1.68 bits per heavy atom. The maximum atomic E-state index is 13.3. The van der Waals surface area contributed by atoms with Crippen molar-refractivity contribution in [1.82, 2.24) is 0 Å². The van der Waals surface area contributed by atoms with Gasteiger partial charge in [-0.15, -0.1) is 0 Å². The summed E-state index contributed by atoms with van der Waals surface area (Å²) in [6, 6.07) is 19.7. The van der Waals surface area contributed by atoms with Gasteiger partial charge in [-0.05, 0) is 18.6 Å². The number of non-ortho nitro benzene ring substituents is 1. The van der Waals surface area contributed by atoms with E-state index in [1.165, 1.54) is 17.0 Å². The van der Waals surface area contributed by atoms with Crippen LogP contribution in [0.3, 0.4) is 0 Å². The first kappa shape index (κ1) is 20.4. The molecule has 1 amide bonds. The van der Waals surface area contributed by atoms with E-state index in [2.05, 4.69) is 0 Å². The molecule has 1 heterocycles. The number of nitrogens with zero attached hydrogens (tertiary/aromatic N) is 2. The van der Waals surface area contributed by atoms with E-state index in [9.17, 15) is 24.8 Å².